The molecule has 0 aliphatic heterocycles. The molecule has 0 saturated heterocycles. The molecular weight excluding hydrogens is 198 g/mol. The van der Waals surface area contributed by atoms with E-state index in [1.54, 1.807) is 0 Å². The minimum absolute atomic E-state index is 0.737. The number of benzene rings is 1. The van der Waals surface area contributed by atoms with Gasteiger partial charge in [-0.05, 0) is 32.4 Å². The van der Waals surface area contributed by atoms with Gasteiger partial charge in [0.15, 0.2) is 0 Å². The highest BCUT2D eigenvalue weighted by atomic mass is 16.4. The van der Waals surface area contributed by atoms with E-state index in [1.165, 1.54) is 5.56 Å². The molecule has 0 aliphatic rings. The Hall–Kier alpha value is -1.57. The van der Waals surface area contributed by atoms with Crippen molar-refractivity contribution in [2.24, 2.45) is 0 Å². The summed E-state index contributed by atoms with van der Waals surface area (Å²) in [7, 11) is 0. The van der Waals surface area contributed by atoms with E-state index in [-0.39, 0.29) is 0 Å². The van der Waals surface area contributed by atoms with Crippen molar-refractivity contribution >= 4 is 0 Å². The Kier molecular flexibility index (Phi) is 3.09. The summed E-state index contributed by atoms with van der Waals surface area (Å²) in [6, 6.07) is 8.26. The molecule has 16 heavy (non-hydrogen) atoms. The van der Waals surface area contributed by atoms with E-state index in [9.17, 15) is 0 Å². The average Bonchev–Trinajstić information content (AvgIpc) is 2.62. The van der Waals surface area contributed by atoms with Gasteiger partial charge in [-0.2, -0.15) is 0 Å². The third kappa shape index (κ3) is 2.16. The fraction of sp³-hybridized carbons (Fsp3) is 0.357. The van der Waals surface area contributed by atoms with E-state index < -0.39 is 0 Å². The standard InChI is InChI=1S/C14H17NO/c1-4-5-13-11(3)16-14(15-13)12-8-6-10(2)7-9-12/h6-9H,4-5H2,1-3H3. The van der Waals surface area contributed by atoms with Crippen molar-refractivity contribution in [3.63, 3.8) is 0 Å². The first kappa shape index (κ1) is 10.9. The molecule has 0 saturated carbocycles. The quantitative estimate of drug-likeness (QED) is 0.775. The maximum atomic E-state index is 5.68. The SMILES string of the molecule is CCCc1nc(-c2ccc(C)cc2)oc1C. The van der Waals surface area contributed by atoms with Crippen molar-refractivity contribution in [2.45, 2.75) is 33.6 Å². The molecule has 2 aromatic rings. The van der Waals surface area contributed by atoms with Gasteiger partial charge in [-0.15, -0.1) is 0 Å². The van der Waals surface area contributed by atoms with E-state index in [0.717, 1.165) is 35.7 Å². The van der Waals surface area contributed by atoms with E-state index >= 15 is 0 Å². The Bertz CT molecular complexity index is 468. The van der Waals surface area contributed by atoms with Gasteiger partial charge in [0.1, 0.15) is 5.76 Å². The van der Waals surface area contributed by atoms with Crippen LogP contribution in [0.5, 0.6) is 0 Å². The average molecular weight is 215 g/mol. The van der Waals surface area contributed by atoms with E-state index in [1.807, 2.05) is 6.92 Å². The molecule has 2 heteroatoms. The van der Waals surface area contributed by atoms with Gasteiger partial charge in [0, 0.05) is 5.56 Å². The lowest BCUT2D eigenvalue weighted by Crippen LogP contribution is -1.85. The predicted octanol–water partition coefficient (Wildman–Crippen LogP) is 3.91. The fourth-order valence-corrected chi connectivity index (χ4v) is 1.72. The molecule has 0 radical (unpaired) electrons. The topological polar surface area (TPSA) is 26.0 Å². The summed E-state index contributed by atoms with van der Waals surface area (Å²) in [4.78, 5) is 4.53. The number of rotatable bonds is 3. The van der Waals surface area contributed by atoms with Gasteiger partial charge in [-0.3, -0.25) is 0 Å². The molecule has 2 nitrogen and oxygen atoms in total. The Morgan fingerprint density at radius 2 is 1.81 bits per heavy atom. The van der Waals surface area contributed by atoms with Crippen LogP contribution in [-0.2, 0) is 6.42 Å². The Balaban J connectivity index is 2.33. The monoisotopic (exact) mass is 215 g/mol. The van der Waals surface area contributed by atoms with Crippen LogP contribution in [-0.4, -0.2) is 4.98 Å². The highest BCUT2D eigenvalue weighted by molar-refractivity contribution is 5.54. The molecule has 0 aliphatic carbocycles. The second kappa shape index (κ2) is 4.52. The molecule has 2 rings (SSSR count). The van der Waals surface area contributed by atoms with Crippen LogP contribution in [0.1, 0.15) is 30.4 Å². The molecular formula is C14H17NO. The zero-order chi connectivity index (χ0) is 11.5. The van der Waals surface area contributed by atoms with Crippen molar-refractivity contribution in [2.75, 3.05) is 0 Å². The van der Waals surface area contributed by atoms with Crippen molar-refractivity contribution < 1.29 is 4.42 Å². The lowest BCUT2D eigenvalue weighted by molar-refractivity contribution is 0.539. The summed E-state index contributed by atoms with van der Waals surface area (Å²) in [5.74, 6) is 1.68. The second-order valence-electron chi connectivity index (χ2n) is 4.14. The van der Waals surface area contributed by atoms with Gasteiger partial charge in [-0.25, -0.2) is 4.98 Å². The van der Waals surface area contributed by atoms with Crippen LogP contribution in [0.4, 0.5) is 0 Å². The molecule has 1 aromatic carbocycles. The number of nitrogens with zero attached hydrogens (tertiary/aromatic N) is 1. The lowest BCUT2D eigenvalue weighted by Gasteiger charge is -1.95. The van der Waals surface area contributed by atoms with Gasteiger partial charge in [0.05, 0.1) is 5.69 Å². The zero-order valence-corrected chi connectivity index (χ0v) is 10.1. The smallest absolute Gasteiger partial charge is 0.226 e. The summed E-state index contributed by atoms with van der Waals surface area (Å²) in [6.07, 6.45) is 2.09. The Morgan fingerprint density at radius 1 is 1.12 bits per heavy atom. The molecule has 1 heterocycles. The minimum atomic E-state index is 0.737. The maximum absolute atomic E-state index is 5.68. The molecule has 0 spiro atoms. The lowest BCUT2D eigenvalue weighted by atomic mass is 10.1. The third-order valence-corrected chi connectivity index (χ3v) is 2.68. The summed E-state index contributed by atoms with van der Waals surface area (Å²) in [5, 5.41) is 0. The van der Waals surface area contributed by atoms with E-state index in [4.69, 9.17) is 4.42 Å². The number of oxazole rings is 1. The molecule has 0 atom stereocenters. The zero-order valence-electron chi connectivity index (χ0n) is 10.1. The van der Waals surface area contributed by atoms with Gasteiger partial charge in [0.25, 0.3) is 0 Å². The van der Waals surface area contributed by atoms with Gasteiger partial charge < -0.3 is 4.42 Å². The van der Waals surface area contributed by atoms with Gasteiger partial charge >= 0.3 is 0 Å². The van der Waals surface area contributed by atoms with Crippen molar-refractivity contribution in [1.82, 2.24) is 4.98 Å². The number of aromatic nitrogens is 1. The van der Waals surface area contributed by atoms with Crippen LogP contribution in [0.25, 0.3) is 11.5 Å². The van der Waals surface area contributed by atoms with Crippen LogP contribution >= 0.6 is 0 Å². The summed E-state index contributed by atoms with van der Waals surface area (Å²) in [6.45, 7) is 6.21. The fourth-order valence-electron chi connectivity index (χ4n) is 1.72. The second-order valence-corrected chi connectivity index (χ2v) is 4.14. The van der Waals surface area contributed by atoms with E-state index in [2.05, 4.69) is 43.1 Å². The highest BCUT2D eigenvalue weighted by Crippen LogP contribution is 2.22. The number of aryl methyl sites for hydroxylation is 3. The maximum Gasteiger partial charge on any atom is 0.226 e. The molecule has 0 unspecified atom stereocenters. The molecule has 0 fully saturated rings. The Morgan fingerprint density at radius 3 is 2.44 bits per heavy atom. The first-order valence-electron chi connectivity index (χ1n) is 5.74. The van der Waals surface area contributed by atoms with Crippen LogP contribution in [0.3, 0.4) is 0 Å². The number of hydrogen-bond acceptors (Lipinski definition) is 2. The van der Waals surface area contributed by atoms with Crippen molar-refractivity contribution in [1.29, 1.82) is 0 Å². The van der Waals surface area contributed by atoms with Crippen molar-refractivity contribution in [3.8, 4) is 11.5 Å². The highest BCUT2D eigenvalue weighted by Gasteiger charge is 2.09. The molecule has 84 valence electrons. The largest absolute Gasteiger partial charge is 0.441 e. The van der Waals surface area contributed by atoms with Gasteiger partial charge in [0.2, 0.25) is 5.89 Å². The first-order valence-corrected chi connectivity index (χ1v) is 5.74. The molecule has 0 bridgehead atoms. The van der Waals surface area contributed by atoms with Crippen LogP contribution in [0.15, 0.2) is 28.7 Å². The van der Waals surface area contributed by atoms with Gasteiger partial charge in [-0.1, -0.05) is 31.0 Å². The van der Waals surface area contributed by atoms with Crippen LogP contribution < -0.4 is 0 Å². The summed E-state index contributed by atoms with van der Waals surface area (Å²) in [5.41, 5.74) is 3.38. The summed E-state index contributed by atoms with van der Waals surface area (Å²) >= 11 is 0. The van der Waals surface area contributed by atoms with Crippen LogP contribution in [0, 0.1) is 13.8 Å². The van der Waals surface area contributed by atoms with Crippen LogP contribution in [0.2, 0.25) is 0 Å². The first-order chi connectivity index (χ1) is 7.70. The third-order valence-electron chi connectivity index (χ3n) is 2.68. The molecule has 0 amide bonds. The molecule has 1 aromatic heterocycles. The summed E-state index contributed by atoms with van der Waals surface area (Å²) < 4.78 is 5.68. The van der Waals surface area contributed by atoms with E-state index in [0.29, 0.717) is 0 Å². The normalized spacial score (nSPS) is 10.7. The Labute approximate surface area is 96.3 Å². The number of hydrogen-bond donors (Lipinski definition) is 0. The minimum Gasteiger partial charge on any atom is -0.441 e. The van der Waals surface area contributed by atoms with Crippen molar-refractivity contribution in [3.05, 3.63) is 41.3 Å². The molecule has 0 N–H and O–H groups in total. The predicted molar refractivity (Wildman–Crippen MR) is 65.4 cm³/mol.